The average molecular weight is 281 g/mol. The van der Waals surface area contributed by atoms with Crippen molar-refractivity contribution in [3.8, 4) is 0 Å². The summed E-state index contributed by atoms with van der Waals surface area (Å²) in [5, 5.41) is 6.89. The van der Waals surface area contributed by atoms with Gasteiger partial charge in [0.15, 0.2) is 0 Å². The lowest BCUT2D eigenvalue weighted by atomic mass is 9.93. The molecule has 0 saturated heterocycles. The normalized spacial score (nSPS) is 16.9. The molecule has 0 aromatic heterocycles. The minimum absolute atomic E-state index is 0.0474. The van der Waals surface area contributed by atoms with Crippen molar-refractivity contribution in [2.75, 3.05) is 12.4 Å². The van der Waals surface area contributed by atoms with Crippen LogP contribution in [-0.4, -0.2) is 13.0 Å². The van der Waals surface area contributed by atoms with Crippen LogP contribution in [0.15, 0.2) is 12.1 Å². The van der Waals surface area contributed by atoms with E-state index in [1.165, 1.54) is 0 Å². The van der Waals surface area contributed by atoms with Crippen LogP contribution in [0.3, 0.4) is 0 Å². The Bertz CT molecular complexity index is 487. The van der Waals surface area contributed by atoms with Crippen LogP contribution in [-0.2, 0) is 11.2 Å². The van der Waals surface area contributed by atoms with Crippen LogP contribution in [0.1, 0.15) is 43.9 Å². The molecular formula is C15H21ClN2O. The molecule has 1 aromatic carbocycles. The van der Waals surface area contributed by atoms with Gasteiger partial charge in [-0.05, 0) is 36.6 Å². The van der Waals surface area contributed by atoms with Gasteiger partial charge < -0.3 is 10.6 Å². The highest BCUT2D eigenvalue weighted by Crippen LogP contribution is 2.35. The molecule has 2 atom stereocenters. The third kappa shape index (κ3) is 3.10. The molecule has 19 heavy (non-hydrogen) atoms. The second-order valence-corrected chi connectivity index (χ2v) is 5.75. The summed E-state index contributed by atoms with van der Waals surface area (Å²) in [5.74, 6) is 0.688. The van der Waals surface area contributed by atoms with E-state index >= 15 is 0 Å². The molecule has 0 bridgehead atoms. The van der Waals surface area contributed by atoms with Gasteiger partial charge in [-0.15, -0.1) is 0 Å². The number of hydrogen-bond acceptors (Lipinski definition) is 2. The van der Waals surface area contributed by atoms with Gasteiger partial charge in [-0.2, -0.15) is 0 Å². The first-order valence-corrected chi connectivity index (χ1v) is 7.22. The first kappa shape index (κ1) is 14.4. The minimum atomic E-state index is 0.0474. The summed E-state index contributed by atoms with van der Waals surface area (Å²) in [6.45, 7) is 4.45. The molecule has 0 spiro atoms. The highest BCUT2D eigenvalue weighted by molar-refractivity contribution is 6.32. The van der Waals surface area contributed by atoms with E-state index in [0.717, 1.165) is 34.7 Å². The summed E-state index contributed by atoms with van der Waals surface area (Å²) in [7, 11) is 1.96. The Hall–Kier alpha value is -1.06. The van der Waals surface area contributed by atoms with Crippen molar-refractivity contribution in [2.24, 2.45) is 5.92 Å². The summed E-state index contributed by atoms with van der Waals surface area (Å²) < 4.78 is 0. The lowest BCUT2D eigenvalue weighted by Crippen LogP contribution is -2.19. The van der Waals surface area contributed by atoms with Crippen molar-refractivity contribution in [1.29, 1.82) is 0 Å². The molecular weight excluding hydrogens is 260 g/mol. The average Bonchev–Trinajstić information content (AvgIpc) is 2.74. The van der Waals surface area contributed by atoms with E-state index in [9.17, 15) is 4.79 Å². The van der Waals surface area contributed by atoms with E-state index in [1.54, 1.807) is 0 Å². The molecule has 4 heteroatoms. The molecule has 0 fully saturated rings. The van der Waals surface area contributed by atoms with Crippen molar-refractivity contribution < 1.29 is 4.79 Å². The molecule has 104 valence electrons. The molecule has 1 heterocycles. The van der Waals surface area contributed by atoms with Crippen LogP contribution >= 0.6 is 11.6 Å². The van der Waals surface area contributed by atoms with Gasteiger partial charge >= 0.3 is 0 Å². The van der Waals surface area contributed by atoms with Gasteiger partial charge in [0.2, 0.25) is 5.91 Å². The second kappa shape index (κ2) is 5.93. The van der Waals surface area contributed by atoms with Crippen molar-refractivity contribution in [1.82, 2.24) is 5.32 Å². The summed E-state index contributed by atoms with van der Waals surface area (Å²) in [4.78, 5) is 11.4. The third-order valence-corrected chi connectivity index (χ3v) is 4.23. The van der Waals surface area contributed by atoms with Crippen LogP contribution < -0.4 is 10.6 Å². The van der Waals surface area contributed by atoms with Crippen molar-refractivity contribution in [3.05, 3.63) is 28.3 Å². The van der Waals surface area contributed by atoms with E-state index in [4.69, 9.17) is 11.6 Å². The Labute approximate surface area is 119 Å². The molecule has 2 unspecified atom stereocenters. The van der Waals surface area contributed by atoms with E-state index in [1.807, 2.05) is 13.1 Å². The summed E-state index contributed by atoms with van der Waals surface area (Å²) >= 11 is 6.36. The Kier molecular flexibility index (Phi) is 4.48. The van der Waals surface area contributed by atoms with Crippen LogP contribution in [0.4, 0.5) is 5.69 Å². The van der Waals surface area contributed by atoms with Crippen molar-refractivity contribution in [2.45, 2.75) is 39.2 Å². The third-order valence-electron chi connectivity index (χ3n) is 3.91. The zero-order valence-corrected chi connectivity index (χ0v) is 12.5. The molecule has 0 aliphatic carbocycles. The molecule has 2 rings (SSSR count). The van der Waals surface area contributed by atoms with Gasteiger partial charge in [-0.1, -0.05) is 37.9 Å². The Morgan fingerprint density at radius 1 is 1.47 bits per heavy atom. The smallest absolute Gasteiger partial charge is 0.228 e. The number of benzene rings is 1. The highest BCUT2D eigenvalue weighted by Gasteiger charge is 2.23. The predicted octanol–water partition coefficient (Wildman–Crippen LogP) is 3.53. The van der Waals surface area contributed by atoms with Gasteiger partial charge in [-0.3, -0.25) is 4.79 Å². The Balaban J connectivity index is 2.28. The lowest BCUT2D eigenvalue weighted by molar-refractivity contribution is -0.115. The molecule has 1 aliphatic rings. The SMILES string of the molecule is CCC(C)CC(NC)c1cc2c(cc1Cl)NC(=O)C2. The maximum Gasteiger partial charge on any atom is 0.228 e. The second-order valence-electron chi connectivity index (χ2n) is 5.35. The lowest BCUT2D eigenvalue weighted by Gasteiger charge is -2.22. The van der Waals surface area contributed by atoms with Crippen molar-refractivity contribution >= 4 is 23.2 Å². The fraction of sp³-hybridized carbons (Fsp3) is 0.533. The fourth-order valence-electron chi connectivity index (χ4n) is 2.50. The first-order chi connectivity index (χ1) is 9.05. The van der Waals surface area contributed by atoms with Gasteiger partial charge in [0.25, 0.3) is 0 Å². The zero-order chi connectivity index (χ0) is 14.0. The summed E-state index contributed by atoms with van der Waals surface area (Å²) in [5.41, 5.74) is 3.01. The van der Waals surface area contributed by atoms with Crippen LogP contribution in [0.5, 0.6) is 0 Å². The van der Waals surface area contributed by atoms with Crippen LogP contribution in [0.2, 0.25) is 5.02 Å². The maximum atomic E-state index is 11.4. The van der Waals surface area contributed by atoms with Gasteiger partial charge in [0, 0.05) is 16.8 Å². The molecule has 2 N–H and O–H groups in total. The van der Waals surface area contributed by atoms with E-state index in [0.29, 0.717) is 12.3 Å². The largest absolute Gasteiger partial charge is 0.325 e. The topological polar surface area (TPSA) is 41.1 Å². The molecule has 0 radical (unpaired) electrons. The molecule has 3 nitrogen and oxygen atoms in total. The number of fused-ring (bicyclic) bond motifs is 1. The number of carbonyl (C=O) groups excluding carboxylic acids is 1. The minimum Gasteiger partial charge on any atom is -0.325 e. The number of halogens is 1. The molecule has 1 aliphatic heterocycles. The van der Waals surface area contributed by atoms with Crippen molar-refractivity contribution in [3.63, 3.8) is 0 Å². The van der Waals surface area contributed by atoms with E-state index < -0.39 is 0 Å². The number of carbonyl (C=O) groups is 1. The quantitative estimate of drug-likeness (QED) is 0.866. The molecule has 1 amide bonds. The van der Waals surface area contributed by atoms with E-state index in [2.05, 4.69) is 30.5 Å². The Morgan fingerprint density at radius 3 is 2.84 bits per heavy atom. The first-order valence-electron chi connectivity index (χ1n) is 6.84. The summed E-state index contributed by atoms with van der Waals surface area (Å²) in [6.07, 6.45) is 2.66. The standard InChI is InChI=1S/C15H21ClN2O/c1-4-9(2)5-14(17-3)11-6-10-7-15(19)18-13(10)8-12(11)16/h6,8-9,14,17H,4-5,7H2,1-3H3,(H,18,19). The van der Waals surface area contributed by atoms with Gasteiger partial charge in [0.05, 0.1) is 6.42 Å². The maximum absolute atomic E-state index is 11.4. The number of rotatable bonds is 5. The highest BCUT2D eigenvalue weighted by atomic mass is 35.5. The van der Waals surface area contributed by atoms with Gasteiger partial charge in [0.1, 0.15) is 0 Å². The number of anilines is 1. The fourth-order valence-corrected chi connectivity index (χ4v) is 2.80. The predicted molar refractivity (Wildman–Crippen MR) is 79.7 cm³/mol. The summed E-state index contributed by atoms with van der Waals surface area (Å²) in [6, 6.07) is 4.18. The molecule has 0 saturated carbocycles. The number of amides is 1. The van der Waals surface area contributed by atoms with E-state index in [-0.39, 0.29) is 11.9 Å². The van der Waals surface area contributed by atoms with Crippen LogP contribution in [0, 0.1) is 5.92 Å². The number of nitrogens with one attached hydrogen (secondary N) is 2. The monoisotopic (exact) mass is 280 g/mol. The molecule has 1 aromatic rings. The number of hydrogen-bond donors (Lipinski definition) is 2. The van der Waals surface area contributed by atoms with Gasteiger partial charge in [-0.25, -0.2) is 0 Å². The Morgan fingerprint density at radius 2 is 2.21 bits per heavy atom. The zero-order valence-electron chi connectivity index (χ0n) is 11.7. The van der Waals surface area contributed by atoms with Crippen LogP contribution in [0.25, 0.3) is 0 Å².